The van der Waals surface area contributed by atoms with Gasteiger partial charge in [-0.3, -0.25) is 4.79 Å². The Kier molecular flexibility index (Phi) is 2.79. The molecule has 17 heavy (non-hydrogen) atoms. The van der Waals surface area contributed by atoms with Gasteiger partial charge in [0.15, 0.2) is 0 Å². The van der Waals surface area contributed by atoms with Crippen LogP contribution in [0.1, 0.15) is 19.4 Å². The van der Waals surface area contributed by atoms with E-state index in [1.54, 1.807) is 26.2 Å². The predicted molar refractivity (Wildman–Crippen MR) is 64.7 cm³/mol. The van der Waals surface area contributed by atoms with Gasteiger partial charge in [0, 0.05) is 10.8 Å². The van der Waals surface area contributed by atoms with E-state index in [9.17, 15) is 4.79 Å². The van der Waals surface area contributed by atoms with Gasteiger partial charge in [0.1, 0.15) is 0 Å². The van der Waals surface area contributed by atoms with Crippen LogP contribution in [-0.4, -0.2) is 21.3 Å². The monoisotopic (exact) mass is 230 g/mol. The molecule has 2 rings (SSSR count). The van der Waals surface area contributed by atoms with E-state index in [0.29, 0.717) is 6.42 Å². The Balaban J connectivity index is 2.34. The molecule has 0 atom stereocenters. The van der Waals surface area contributed by atoms with Crippen LogP contribution in [0.5, 0.6) is 0 Å². The van der Waals surface area contributed by atoms with Crippen LogP contribution in [0, 0.1) is 5.41 Å². The molecule has 1 N–H and O–H groups in total. The summed E-state index contributed by atoms with van der Waals surface area (Å²) in [4.78, 5) is 11.1. The maximum atomic E-state index is 11.1. The number of fused-ring (bicyclic) bond motifs is 1. The third-order valence-electron chi connectivity index (χ3n) is 2.84. The van der Waals surface area contributed by atoms with Crippen LogP contribution in [0.4, 0.5) is 0 Å². The molecule has 0 saturated carbocycles. The van der Waals surface area contributed by atoms with Crippen molar-refractivity contribution >= 4 is 16.7 Å². The smallest absolute Gasteiger partial charge is 0.309 e. The van der Waals surface area contributed by atoms with Gasteiger partial charge in [-0.15, -0.1) is 0 Å². The fourth-order valence-electron chi connectivity index (χ4n) is 1.74. The molecule has 2 aromatic rings. The molecule has 0 saturated heterocycles. The van der Waals surface area contributed by atoms with E-state index in [2.05, 4.69) is 10.2 Å². The summed E-state index contributed by atoms with van der Waals surface area (Å²) in [5.74, 6) is -0.787. The summed E-state index contributed by atoms with van der Waals surface area (Å²) in [5.41, 5.74) is 0.242. The Hall–Kier alpha value is -1.97. The normalized spacial score (nSPS) is 11.6. The zero-order chi connectivity index (χ0) is 12.5. The number of carboxylic acid groups (broad SMARTS) is 1. The van der Waals surface area contributed by atoms with Gasteiger partial charge < -0.3 is 5.11 Å². The summed E-state index contributed by atoms with van der Waals surface area (Å²) >= 11 is 0. The summed E-state index contributed by atoms with van der Waals surface area (Å²) in [6.07, 6.45) is 3.88. The average Bonchev–Trinajstić information content (AvgIpc) is 2.28. The Morgan fingerprint density at radius 1 is 1.24 bits per heavy atom. The van der Waals surface area contributed by atoms with Gasteiger partial charge in [0.2, 0.25) is 0 Å². The van der Waals surface area contributed by atoms with Crippen molar-refractivity contribution in [2.75, 3.05) is 0 Å². The highest BCUT2D eigenvalue weighted by Gasteiger charge is 2.27. The molecule has 0 aliphatic heterocycles. The first-order valence-corrected chi connectivity index (χ1v) is 5.42. The summed E-state index contributed by atoms with van der Waals surface area (Å²) in [6.45, 7) is 3.45. The molecule has 0 spiro atoms. The first-order valence-electron chi connectivity index (χ1n) is 5.42. The van der Waals surface area contributed by atoms with E-state index in [-0.39, 0.29) is 0 Å². The molecule has 0 amide bonds. The van der Waals surface area contributed by atoms with E-state index in [0.717, 1.165) is 16.3 Å². The van der Waals surface area contributed by atoms with E-state index >= 15 is 0 Å². The van der Waals surface area contributed by atoms with Crippen LogP contribution in [0.2, 0.25) is 0 Å². The topological polar surface area (TPSA) is 63.1 Å². The van der Waals surface area contributed by atoms with Gasteiger partial charge in [0.25, 0.3) is 0 Å². The minimum atomic E-state index is -0.787. The highest BCUT2D eigenvalue weighted by molar-refractivity contribution is 5.81. The summed E-state index contributed by atoms with van der Waals surface area (Å²) in [7, 11) is 0. The van der Waals surface area contributed by atoms with Crippen LogP contribution in [-0.2, 0) is 11.2 Å². The molecular weight excluding hydrogens is 216 g/mol. The van der Waals surface area contributed by atoms with Crippen LogP contribution < -0.4 is 0 Å². The Morgan fingerprint density at radius 2 is 1.88 bits per heavy atom. The van der Waals surface area contributed by atoms with E-state index in [1.807, 2.05) is 18.2 Å². The molecule has 0 radical (unpaired) electrons. The minimum Gasteiger partial charge on any atom is -0.481 e. The van der Waals surface area contributed by atoms with Crippen LogP contribution in [0.3, 0.4) is 0 Å². The van der Waals surface area contributed by atoms with Crippen molar-refractivity contribution in [1.82, 2.24) is 10.2 Å². The molecule has 0 aliphatic carbocycles. The molecule has 4 heteroatoms. The van der Waals surface area contributed by atoms with Crippen molar-refractivity contribution in [2.24, 2.45) is 5.41 Å². The number of hydrogen-bond donors (Lipinski definition) is 1. The van der Waals surface area contributed by atoms with Crippen LogP contribution in [0.25, 0.3) is 10.8 Å². The second-order valence-corrected chi connectivity index (χ2v) is 4.82. The average molecular weight is 230 g/mol. The van der Waals surface area contributed by atoms with Gasteiger partial charge in [0.05, 0.1) is 17.8 Å². The lowest BCUT2D eigenvalue weighted by Crippen LogP contribution is -2.26. The third-order valence-corrected chi connectivity index (χ3v) is 2.84. The first kappa shape index (κ1) is 11.5. The molecule has 4 nitrogen and oxygen atoms in total. The number of aromatic nitrogens is 2. The van der Waals surface area contributed by atoms with E-state index < -0.39 is 11.4 Å². The second-order valence-electron chi connectivity index (χ2n) is 4.82. The largest absolute Gasteiger partial charge is 0.481 e. The van der Waals surface area contributed by atoms with Gasteiger partial charge in [-0.05, 0) is 31.9 Å². The quantitative estimate of drug-likeness (QED) is 0.878. The number of nitrogens with zero attached hydrogens (tertiary/aromatic N) is 2. The number of benzene rings is 1. The number of hydrogen-bond acceptors (Lipinski definition) is 3. The number of carbonyl (C=O) groups is 1. The molecule has 1 heterocycles. The molecule has 1 aromatic carbocycles. The molecular formula is C13H14N2O2. The highest BCUT2D eigenvalue weighted by Crippen LogP contribution is 2.24. The fraction of sp³-hybridized carbons (Fsp3) is 0.308. The standard InChI is InChI=1S/C13H14N2O2/c1-13(2,12(16)17)6-9-3-4-10-7-14-15-8-11(10)5-9/h3-5,7-8H,6H2,1-2H3,(H,16,17). The SMILES string of the molecule is CC(C)(Cc1ccc2cnncc2c1)C(=O)O. The lowest BCUT2D eigenvalue weighted by Gasteiger charge is -2.19. The third kappa shape index (κ3) is 2.41. The van der Waals surface area contributed by atoms with Crippen LogP contribution in [0.15, 0.2) is 30.6 Å². The van der Waals surface area contributed by atoms with Crippen molar-refractivity contribution in [2.45, 2.75) is 20.3 Å². The first-order chi connectivity index (χ1) is 7.99. The van der Waals surface area contributed by atoms with Gasteiger partial charge in [-0.1, -0.05) is 12.1 Å². The van der Waals surface area contributed by atoms with Gasteiger partial charge >= 0.3 is 5.97 Å². The zero-order valence-electron chi connectivity index (χ0n) is 9.84. The van der Waals surface area contributed by atoms with Crippen molar-refractivity contribution in [3.63, 3.8) is 0 Å². The molecule has 1 aromatic heterocycles. The van der Waals surface area contributed by atoms with Gasteiger partial charge in [-0.25, -0.2) is 0 Å². The van der Waals surface area contributed by atoms with Crippen LogP contribution >= 0.6 is 0 Å². The summed E-state index contributed by atoms with van der Waals surface area (Å²) < 4.78 is 0. The molecule has 0 fully saturated rings. The lowest BCUT2D eigenvalue weighted by molar-refractivity contribution is -0.146. The zero-order valence-corrected chi connectivity index (χ0v) is 9.84. The summed E-state index contributed by atoms with van der Waals surface area (Å²) in [5, 5.41) is 18.7. The Bertz CT molecular complexity index is 564. The molecule has 88 valence electrons. The molecule has 0 unspecified atom stereocenters. The van der Waals surface area contributed by atoms with Crippen molar-refractivity contribution in [3.8, 4) is 0 Å². The Labute approximate surface area is 99.3 Å². The number of rotatable bonds is 3. The number of carboxylic acids is 1. The fourth-order valence-corrected chi connectivity index (χ4v) is 1.74. The van der Waals surface area contributed by atoms with Gasteiger partial charge in [-0.2, -0.15) is 10.2 Å². The molecule has 0 bridgehead atoms. The van der Waals surface area contributed by atoms with E-state index in [4.69, 9.17) is 5.11 Å². The second kappa shape index (κ2) is 4.13. The Morgan fingerprint density at radius 3 is 2.53 bits per heavy atom. The van der Waals surface area contributed by atoms with Crippen molar-refractivity contribution < 1.29 is 9.90 Å². The minimum absolute atomic E-state index is 0.501. The summed E-state index contributed by atoms with van der Waals surface area (Å²) in [6, 6.07) is 5.85. The lowest BCUT2D eigenvalue weighted by atomic mass is 9.85. The van der Waals surface area contributed by atoms with Crippen molar-refractivity contribution in [3.05, 3.63) is 36.2 Å². The highest BCUT2D eigenvalue weighted by atomic mass is 16.4. The predicted octanol–water partition coefficient (Wildman–Crippen LogP) is 2.28. The maximum Gasteiger partial charge on any atom is 0.309 e. The van der Waals surface area contributed by atoms with E-state index in [1.165, 1.54) is 0 Å². The maximum absolute atomic E-state index is 11.1. The number of aliphatic carboxylic acids is 1. The van der Waals surface area contributed by atoms with Crippen molar-refractivity contribution in [1.29, 1.82) is 0 Å². The molecule has 0 aliphatic rings.